The van der Waals surface area contributed by atoms with Crippen molar-refractivity contribution in [2.24, 2.45) is 5.92 Å². The molecule has 7 nitrogen and oxygen atoms in total. The lowest BCUT2D eigenvalue weighted by atomic mass is 9.99. The molecule has 3 heterocycles. The van der Waals surface area contributed by atoms with Crippen molar-refractivity contribution >= 4 is 46.1 Å². The van der Waals surface area contributed by atoms with E-state index in [9.17, 15) is 14.9 Å². The van der Waals surface area contributed by atoms with Crippen molar-refractivity contribution < 1.29 is 9.53 Å². The van der Waals surface area contributed by atoms with E-state index in [1.54, 1.807) is 9.47 Å². The maximum Gasteiger partial charge on any atom is 0.270 e. The second kappa shape index (κ2) is 13.8. The number of ether oxygens (including phenoxy) is 1. The fourth-order valence-electron chi connectivity index (χ4n) is 5.32. The van der Waals surface area contributed by atoms with Crippen molar-refractivity contribution in [3.8, 4) is 6.07 Å². The molecular weight excluding hydrogens is 516 g/mol. The van der Waals surface area contributed by atoms with Crippen LogP contribution in [0.3, 0.4) is 0 Å². The minimum absolute atomic E-state index is 0.00964. The van der Waals surface area contributed by atoms with Crippen LogP contribution in [0.15, 0.2) is 9.70 Å². The molecule has 0 radical (unpaired) electrons. The van der Waals surface area contributed by atoms with E-state index in [0.717, 1.165) is 49.9 Å². The van der Waals surface area contributed by atoms with Gasteiger partial charge in [0.05, 0.1) is 17.1 Å². The van der Waals surface area contributed by atoms with Gasteiger partial charge in [0.15, 0.2) is 0 Å². The number of nitrogens with zero attached hydrogens (tertiary/aromatic N) is 4. The van der Waals surface area contributed by atoms with E-state index in [-0.39, 0.29) is 29.2 Å². The van der Waals surface area contributed by atoms with Gasteiger partial charge in [-0.3, -0.25) is 19.1 Å². The molecule has 0 saturated carbocycles. The highest BCUT2D eigenvalue weighted by Gasteiger charge is 2.35. The van der Waals surface area contributed by atoms with Gasteiger partial charge < -0.3 is 9.64 Å². The number of thiocarbonyl (C=S) groups is 1. The van der Waals surface area contributed by atoms with Crippen LogP contribution in [0, 0.1) is 24.2 Å². The van der Waals surface area contributed by atoms with Gasteiger partial charge in [-0.05, 0) is 51.2 Å². The average molecular weight is 559 g/mol. The number of hydrogen-bond donors (Lipinski definition) is 0. The number of rotatable bonds is 11. The number of thioether (sulfide) groups is 1. The largest absolute Gasteiger partial charge is 0.372 e. The highest BCUT2D eigenvalue weighted by atomic mass is 32.2. The van der Waals surface area contributed by atoms with Gasteiger partial charge in [-0.2, -0.15) is 5.26 Å². The van der Waals surface area contributed by atoms with Gasteiger partial charge >= 0.3 is 0 Å². The molecule has 3 atom stereocenters. The number of carbonyl (C=O) groups excluding carboxylic acids is 1. The third kappa shape index (κ3) is 6.70. The van der Waals surface area contributed by atoms with Gasteiger partial charge in [0.2, 0.25) is 0 Å². The molecule has 1 aromatic heterocycles. The van der Waals surface area contributed by atoms with Crippen LogP contribution in [-0.4, -0.2) is 51.5 Å². The number of amides is 1. The smallest absolute Gasteiger partial charge is 0.270 e. The molecule has 0 N–H and O–H groups in total. The third-order valence-electron chi connectivity index (χ3n) is 7.43. The second-order valence-corrected chi connectivity index (χ2v) is 12.2. The molecule has 38 heavy (non-hydrogen) atoms. The first-order valence-corrected chi connectivity index (χ1v) is 15.2. The van der Waals surface area contributed by atoms with Crippen LogP contribution >= 0.6 is 24.0 Å². The van der Waals surface area contributed by atoms with Crippen LogP contribution in [-0.2, 0) is 16.1 Å². The lowest BCUT2D eigenvalue weighted by Gasteiger charge is -2.39. The van der Waals surface area contributed by atoms with Crippen molar-refractivity contribution in [2.75, 3.05) is 24.5 Å². The summed E-state index contributed by atoms with van der Waals surface area (Å²) in [5, 5.41) is 9.93. The number of aromatic nitrogens is 1. The van der Waals surface area contributed by atoms with E-state index in [2.05, 4.69) is 31.7 Å². The number of anilines is 1. The predicted octanol–water partition coefficient (Wildman–Crippen LogP) is 5.86. The van der Waals surface area contributed by atoms with Crippen LogP contribution in [0.1, 0.15) is 89.8 Å². The molecule has 0 bridgehead atoms. The molecule has 0 spiro atoms. The highest BCUT2D eigenvalue weighted by Crippen LogP contribution is 2.37. The lowest BCUT2D eigenvalue weighted by Crippen LogP contribution is -2.48. The van der Waals surface area contributed by atoms with E-state index in [4.69, 9.17) is 17.0 Å². The number of carbonyl (C=O) groups is 1. The second-order valence-electron chi connectivity index (χ2n) is 10.5. The Bertz CT molecular complexity index is 1160. The summed E-state index contributed by atoms with van der Waals surface area (Å²) in [6.45, 7) is 14.7. The molecule has 2 aliphatic heterocycles. The van der Waals surface area contributed by atoms with Crippen molar-refractivity contribution in [1.29, 1.82) is 5.26 Å². The van der Waals surface area contributed by atoms with Gasteiger partial charge in [-0.25, -0.2) is 0 Å². The molecule has 0 aromatic carbocycles. The van der Waals surface area contributed by atoms with E-state index < -0.39 is 0 Å². The highest BCUT2D eigenvalue weighted by molar-refractivity contribution is 8.26. The minimum atomic E-state index is -0.272. The van der Waals surface area contributed by atoms with Gasteiger partial charge in [0.25, 0.3) is 11.5 Å². The molecular formula is C29H42N4O3S2. The third-order valence-corrected chi connectivity index (χ3v) is 8.81. The van der Waals surface area contributed by atoms with Gasteiger partial charge in [-0.1, -0.05) is 70.4 Å². The SMILES string of the molecule is CCCCC(CC)CN1C(=O)/C(=C/c2c(C)c(C#N)c(=O)n(CCCC)c2N2CC(C)OC(C)C2)SC1=S. The number of unbranched alkanes of at least 4 members (excludes halogenated alkanes) is 2. The molecule has 2 aliphatic rings. The fourth-order valence-corrected chi connectivity index (χ4v) is 6.58. The Morgan fingerprint density at radius 1 is 1.16 bits per heavy atom. The van der Waals surface area contributed by atoms with Crippen molar-refractivity contribution in [1.82, 2.24) is 9.47 Å². The van der Waals surface area contributed by atoms with Crippen LogP contribution in [0.25, 0.3) is 6.08 Å². The molecule has 2 fully saturated rings. The first kappa shape index (κ1) is 30.4. The van der Waals surface area contributed by atoms with Crippen LogP contribution in [0.5, 0.6) is 0 Å². The standard InChI is InChI=1S/C29H42N4O3S2/c1-7-10-12-22(9-3)18-33-28(35)25(38-29(33)37)14-23-21(6)24(15-30)27(34)32(13-11-8-2)26(23)31-16-19(4)36-20(5)17-31/h14,19-20,22H,7-13,16-18H2,1-6H3/b25-14-. The van der Waals surface area contributed by atoms with Crippen molar-refractivity contribution in [3.05, 3.63) is 31.9 Å². The molecule has 2 saturated heterocycles. The summed E-state index contributed by atoms with van der Waals surface area (Å²) >= 11 is 6.97. The average Bonchev–Trinajstić information content (AvgIpc) is 3.13. The Morgan fingerprint density at radius 2 is 1.82 bits per heavy atom. The first-order chi connectivity index (χ1) is 18.2. The summed E-state index contributed by atoms with van der Waals surface area (Å²) in [6.07, 6.45) is 7.92. The molecule has 3 rings (SSSR count). The molecule has 3 unspecified atom stereocenters. The monoisotopic (exact) mass is 558 g/mol. The zero-order chi connectivity index (χ0) is 28.0. The van der Waals surface area contributed by atoms with Crippen LogP contribution < -0.4 is 10.5 Å². The van der Waals surface area contributed by atoms with Crippen LogP contribution in [0.2, 0.25) is 0 Å². The summed E-state index contributed by atoms with van der Waals surface area (Å²) in [4.78, 5) is 31.6. The lowest BCUT2D eigenvalue weighted by molar-refractivity contribution is -0.122. The van der Waals surface area contributed by atoms with E-state index >= 15 is 0 Å². The number of morpholine rings is 1. The Kier molecular flexibility index (Phi) is 11.0. The van der Waals surface area contributed by atoms with E-state index in [0.29, 0.717) is 46.9 Å². The Labute approximate surface area is 237 Å². The Hall–Kier alpha value is -2.15. The quantitative estimate of drug-likeness (QED) is 0.249. The maximum absolute atomic E-state index is 13.6. The Balaban J connectivity index is 2.13. The summed E-state index contributed by atoms with van der Waals surface area (Å²) in [7, 11) is 0. The predicted molar refractivity (Wildman–Crippen MR) is 160 cm³/mol. The Morgan fingerprint density at radius 3 is 2.39 bits per heavy atom. The first-order valence-electron chi connectivity index (χ1n) is 14.0. The fraction of sp³-hybridized carbons (Fsp3) is 0.655. The normalized spacial score (nSPS) is 21.9. The molecule has 0 aliphatic carbocycles. The molecule has 1 aromatic rings. The summed E-state index contributed by atoms with van der Waals surface area (Å²) in [5.74, 6) is 1.09. The van der Waals surface area contributed by atoms with E-state index in [1.165, 1.54) is 11.8 Å². The van der Waals surface area contributed by atoms with Crippen molar-refractivity contribution in [3.63, 3.8) is 0 Å². The topological polar surface area (TPSA) is 78.6 Å². The number of hydrogen-bond acceptors (Lipinski definition) is 7. The maximum atomic E-state index is 13.6. The van der Waals surface area contributed by atoms with E-state index in [1.807, 2.05) is 26.8 Å². The van der Waals surface area contributed by atoms with Crippen LogP contribution in [0.4, 0.5) is 5.82 Å². The molecule has 208 valence electrons. The van der Waals surface area contributed by atoms with Gasteiger partial charge in [-0.15, -0.1) is 0 Å². The van der Waals surface area contributed by atoms with Crippen molar-refractivity contribution in [2.45, 2.75) is 98.8 Å². The van der Waals surface area contributed by atoms with Gasteiger partial charge in [0, 0.05) is 31.7 Å². The minimum Gasteiger partial charge on any atom is -0.372 e. The number of pyridine rings is 1. The summed E-state index contributed by atoms with van der Waals surface area (Å²) in [6, 6.07) is 2.14. The molecule has 9 heteroatoms. The zero-order valence-electron chi connectivity index (χ0n) is 23.7. The molecule has 1 amide bonds. The number of nitriles is 1. The zero-order valence-corrected chi connectivity index (χ0v) is 25.3. The van der Waals surface area contributed by atoms with Gasteiger partial charge in [0.1, 0.15) is 21.8 Å². The summed E-state index contributed by atoms with van der Waals surface area (Å²) in [5.41, 5.74) is 1.21. The summed E-state index contributed by atoms with van der Waals surface area (Å²) < 4.78 is 8.29.